The summed E-state index contributed by atoms with van der Waals surface area (Å²) in [6.07, 6.45) is 0.812. The third-order valence-electron chi connectivity index (χ3n) is 3.28. The van der Waals surface area contributed by atoms with Gasteiger partial charge in [0.15, 0.2) is 0 Å². The molecule has 0 saturated carbocycles. The molecule has 1 aliphatic heterocycles. The molecule has 1 saturated heterocycles. The SMILES string of the molecule is CC1(C)CN(S(=O)(=O)c2cc(Cl)c(Br)s2)CCC1Br. The summed E-state index contributed by atoms with van der Waals surface area (Å²) < 4.78 is 27.7. The summed E-state index contributed by atoms with van der Waals surface area (Å²) in [4.78, 5) is 0.338. The van der Waals surface area contributed by atoms with E-state index < -0.39 is 10.0 Å². The topological polar surface area (TPSA) is 37.4 Å². The maximum atomic E-state index is 12.6. The van der Waals surface area contributed by atoms with Gasteiger partial charge in [0.25, 0.3) is 10.0 Å². The number of alkyl halides is 1. The van der Waals surface area contributed by atoms with Gasteiger partial charge in [-0.3, -0.25) is 0 Å². The van der Waals surface area contributed by atoms with Gasteiger partial charge in [0.05, 0.1) is 8.81 Å². The smallest absolute Gasteiger partial charge is 0.206 e. The number of thiophene rings is 1. The van der Waals surface area contributed by atoms with E-state index in [1.807, 2.05) is 0 Å². The van der Waals surface area contributed by atoms with Crippen molar-refractivity contribution in [2.24, 2.45) is 5.41 Å². The Morgan fingerprint density at radius 3 is 2.63 bits per heavy atom. The van der Waals surface area contributed by atoms with Crippen molar-refractivity contribution in [3.63, 3.8) is 0 Å². The molecule has 1 fully saturated rings. The molecule has 0 bridgehead atoms. The highest BCUT2D eigenvalue weighted by Crippen LogP contribution is 2.40. The highest BCUT2D eigenvalue weighted by atomic mass is 79.9. The Morgan fingerprint density at radius 2 is 2.16 bits per heavy atom. The van der Waals surface area contributed by atoms with E-state index in [4.69, 9.17) is 11.6 Å². The Kier molecular flexibility index (Phi) is 4.76. The maximum absolute atomic E-state index is 12.6. The van der Waals surface area contributed by atoms with Crippen LogP contribution in [0.25, 0.3) is 0 Å². The fourth-order valence-corrected chi connectivity index (χ4v) is 6.60. The van der Waals surface area contributed by atoms with Gasteiger partial charge in [0.2, 0.25) is 0 Å². The highest BCUT2D eigenvalue weighted by molar-refractivity contribution is 9.11. The largest absolute Gasteiger partial charge is 0.252 e. The Labute approximate surface area is 139 Å². The Hall–Kier alpha value is 0.860. The molecule has 2 heterocycles. The lowest BCUT2D eigenvalue weighted by molar-refractivity contribution is 0.199. The van der Waals surface area contributed by atoms with E-state index in [0.29, 0.717) is 30.9 Å². The van der Waals surface area contributed by atoms with Gasteiger partial charge in [-0.25, -0.2) is 8.42 Å². The van der Waals surface area contributed by atoms with Crippen LogP contribution >= 0.6 is 54.8 Å². The number of piperidine rings is 1. The van der Waals surface area contributed by atoms with Crippen molar-refractivity contribution in [2.75, 3.05) is 13.1 Å². The molecular formula is C11H14Br2ClNO2S2. The van der Waals surface area contributed by atoms with Crippen LogP contribution in [0.5, 0.6) is 0 Å². The summed E-state index contributed by atoms with van der Waals surface area (Å²) in [7, 11) is -3.44. The molecule has 1 aromatic rings. The van der Waals surface area contributed by atoms with Gasteiger partial charge >= 0.3 is 0 Å². The van der Waals surface area contributed by atoms with Crippen LogP contribution in [0.1, 0.15) is 20.3 Å². The lowest BCUT2D eigenvalue weighted by atomic mass is 9.85. The van der Waals surface area contributed by atoms with Gasteiger partial charge in [-0.05, 0) is 33.8 Å². The lowest BCUT2D eigenvalue weighted by Gasteiger charge is -2.40. The first kappa shape index (κ1) is 16.2. The second kappa shape index (κ2) is 5.57. The van der Waals surface area contributed by atoms with Gasteiger partial charge in [-0.15, -0.1) is 11.3 Å². The average Bonchev–Trinajstić information content (AvgIpc) is 2.63. The molecule has 1 atom stereocenters. The highest BCUT2D eigenvalue weighted by Gasteiger charge is 2.39. The number of hydrogen-bond acceptors (Lipinski definition) is 3. The molecule has 0 aromatic carbocycles. The number of rotatable bonds is 2. The number of sulfonamides is 1. The molecule has 0 N–H and O–H groups in total. The summed E-state index contributed by atoms with van der Waals surface area (Å²) in [5, 5.41) is 0.443. The zero-order chi connectivity index (χ0) is 14.4. The van der Waals surface area contributed by atoms with Gasteiger partial charge in [0, 0.05) is 17.9 Å². The number of nitrogens with zero attached hydrogens (tertiary/aromatic N) is 1. The zero-order valence-electron chi connectivity index (χ0n) is 10.5. The van der Waals surface area contributed by atoms with Crippen LogP contribution in [-0.4, -0.2) is 30.6 Å². The van der Waals surface area contributed by atoms with Crippen molar-refractivity contribution in [3.05, 3.63) is 14.9 Å². The van der Waals surface area contributed by atoms with E-state index in [2.05, 4.69) is 45.7 Å². The van der Waals surface area contributed by atoms with Crippen LogP contribution in [0.15, 0.2) is 14.1 Å². The van der Waals surface area contributed by atoms with Crippen LogP contribution in [-0.2, 0) is 10.0 Å². The second-order valence-electron chi connectivity index (χ2n) is 5.27. The van der Waals surface area contributed by atoms with Crippen LogP contribution in [0.4, 0.5) is 0 Å². The fourth-order valence-electron chi connectivity index (χ4n) is 2.07. The van der Waals surface area contributed by atoms with E-state index >= 15 is 0 Å². The number of halogens is 3. The summed E-state index contributed by atoms with van der Waals surface area (Å²) in [5.41, 5.74) is -0.0798. The zero-order valence-corrected chi connectivity index (χ0v) is 16.1. The molecule has 8 heteroatoms. The van der Waals surface area contributed by atoms with Crippen molar-refractivity contribution in [1.29, 1.82) is 0 Å². The van der Waals surface area contributed by atoms with Crippen molar-refractivity contribution in [1.82, 2.24) is 4.31 Å². The third kappa shape index (κ3) is 3.21. The number of hydrogen-bond donors (Lipinski definition) is 0. The van der Waals surface area contributed by atoms with Crippen molar-refractivity contribution in [2.45, 2.75) is 29.3 Å². The molecule has 0 radical (unpaired) electrons. The molecule has 1 aromatic heterocycles. The van der Waals surface area contributed by atoms with Gasteiger partial charge < -0.3 is 0 Å². The van der Waals surface area contributed by atoms with E-state index in [1.165, 1.54) is 6.07 Å². The van der Waals surface area contributed by atoms with E-state index in [-0.39, 0.29) is 5.41 Å². The summed E-state index contributed by atoms with van der Waals surface area (Å²) in [6.45, 7) is 5.20. The van der Waals surface area contributed by atoms with Gasteiger partial charge in [-0.1, -0.05) is 41.4 Å². The molecule has 1 unspecified atom stereocenters. The van der Waals surface area contributed by atoms with Crippen molar-refractivity contribution in [3.8, 4) is 0 Å². The molecule has 0 aliphatic carbocycles. The first-order valence-electron chi connectivity index (χ1n) is 5.73. The summed E-state index contributed by atoms with van der Waals surface area (Å²) in [6, 6.07) is 1.51. The first-order valence-corrected chi connectivity index (χ1v) is 10.1. The normalized spacial score (nSPS) is 24.6. The van der Waals surface area contributed by atoms with Crippen molar-refractivity contribution < 1.29 is 8.42 Å². The van der Waals surface area contributed by atoms with E-state index in [0.717, 1.165) is 17.8 Å². The molecular weight excluding hydrogens is 438 g/mol. The Morgan fingerprint density at radius 1 is 1.53 bits per heavy atom. The molecule has 3 nitrogen and oxygen atoms in total. The molecule has 2 rings (SSSR count). The Balaban J connectivity index is 2.31. The average molecular weight is 452 g/mol. The summed E-state index contributed by atoms with van der Waals surface area (Å²) in [5.74, 6) is 0. The molecule has 19 heavy (non-hydrogen) atoms. The maximum Gasteiger partial charge on any atom is 0.252 e. The van der Waals surface area contributed by atoms with Crippen molar-refractivity contribution >= 4 is 64.8 Å². The van der Waals surface area contributed by atoms with Crippen LogP contribution in [0.3, 0.4) is 0 Å². The predicted octanol–water partition coefficient (Wildman–Crippen LogP) is 4.35. The third-order valence-corrected chi connectivity index (χ3v) is 9.75. The second-order valence-corrected chi connectivity index (χ2v) is 11.3. The quantitative estimate of drug-likeness (QED) is 0.627. The fraction of sp³-hybridized carbons (Fsp3) is 0.636. The Bertz CT molecular complexity index is 566. The summed E-state index contributed by atoms with van der Waals surface area (Å²) >= 11 is 14.0. The standard InChI is InChI=1S/C11H14Br2ClNO2S2/c1-11(2)6-15(4-3-8(11)12)19(16,17)9-5-7(14)10(13)18-9/h5,8H,3-4,6H2,1-2H3. The first-order chi connectivity index (χ1) is 8.64. The lowest BCUT2D eigenvalue weighted by Crippen LogP contribution is -2.48. The van der Waals surface area contributed by atoms with Crippen LogP contribution in [0.2, 0.25) is 5.02 Å². The van der Waals surface area contributed by atoms with Gasteiger partial charge in [0.1, 0.15) is 4.21 Å². The van der Waals surface area contributed by atoms with E-state index in [9.17, 15) is 8.42 Å². The molecule has 108 valence electrons. The predicted molar refractivity (Wildman–Crippen MR) is 86.9 cm³/mol. The minimum absolute atomic E-state index is 0.0798. The van der Waals surface area contributed by atoms with Crippen LogP contribution in [0, 0.1) is 5.41 Å². The minimum atomic E-state index is -3.44. The molecule has 0 spiro atoms. The molecule has 1 aliphatic rings. The molecule has 0 amide bonds. The van der Waals surface area contributed by atoms with Crippen LogP contribution < -0.4 is 0 Å². The van der Waals surface area contributed by atoms with E-state index in [1.54, 1.807) is 4.31 Å². The van der Waals surface area contributed by atoms with Gasteiger partial charge in [-0.2, -0.15) is 4.31 Å². The monoisotopic (exact) mass is 449 g/mol. The minimum Gasteiger partial charge on any atom is -0.206 e.